The van der Waals surface area contributed by atoms with Crippen LogP contribution in [0.15, 0.2) is 48.2 Å². The van der Waals surface area contributed by atoms with Crippen molar-refractivity contribution in [3.63, 3.8) is 0 Å². The fourth-order valence-corrected chi connectivity index (χ4v) is 1.52. The Morgan fingerprint density at radius 1 is 1.00 bits per heavy atom. The lowest BCUT2D eigenvalue weighted by Gasteiger charge is -1.99. The predicted molar refractivity (Wildman–Crippen MR) is 62.2 cm³/mol. The lowest BCUT2D eigenvalue weighted by Crippen LogP contribution is -1.98. The molecule has 0 unspecified atom stereocenters. The van der Waals surface area contributed by atoms with E-state index in [1.165, 1.54) is 6.08 Å². The molecule has 0 atom stereocenters. The summed E-state index contributed by atoms with van der Waals surface area (Å²) in [6, 6.07) is 13.2. The van der Waals surface area contributed by atoms with Crippen molar-refractivity contribution in [2.45, 2.75) is 0 Å². The van der Waals surface area contributed by atoms with Crippen LogP contribution in [0.1, 0.15) is 5.56 Å². The van der Waals surface area contributed by atoms with Gasteiger partial charge in [-0.2, -0.15) is 0 Å². The first-order valence-electron chi connectivity index (χ1n) is 4.79. The van der Waals surface area contributed by atoms with E-state index in [0.29, 0.717) is 5.56 Å². The van der Waals surface area contributed by atoms with Crippen molar-refractivity contribution >= 4 is 22.8 Å². The third-order valence-corrected chi connectivity index (χ3v) is 2.30. The zero-order chi connectivity index (χ0) is 11.5. The first-order chi connectivity index (χ1) is 7.66. The minimum atomic E-state index is -1.33. The number of aliphatic hydroxyl groups excluding tert-OH is 1. The van der Waals surface area contributed by atoms with Gasteiger partial charge in [-0.3, -0.25) is 0 Å². The first-order valence-corrected chi connectivity index (χ1v) is 4.79. The Morgan fingerprint density at radius 3 is 2.38 bits per heavy atom. The Balaban J connectivity index is 2.47. The van der Waals surface area contributed by atoms with Crippen molar-refractivity contribution < 1.29 is 15.0 Å². The number of hydrogen-bond donors (Lipinski definition) is 2. The van der Waals surface area contributed by atoms with Gasteiger partial charge < -0.3 is 10.2 Å². The molecule has 2 N–H and O–H groups in total. The Kier molecular flexibility index (Phi) is 2.60. The largest absolute Gasteiger partial charge is 0.502 e. The van der Waals surface area contributed by atoms with Crippen LogP contribution in [0.25, 0.3) is 16.8 Å². The van der Waals surface area contributed by atoms with Crippen LogP contribution in [0.2, 0.25) is 0 Å². The molecule has 80 valence electrons. The smallest absolute Gasteiger partial charge is 0.370 e. The van der Waals surface area contributed by atoms with Gasteiger partial charge in [-0.15, -0.1) is 0 Å². The Labute approximate surface area is 92.3 Å². The van der Waals surface area contributed by atoms with Crippen LogP contribution >= 0.6 is 0 Å². The summed E-state index contributed by atoms with van der Waals surface area (Å²) in [5, 5.41) is 19.7. The summed E-state index contributed by atoms with van der Waals surface area (Å²) in [5.74, 6) is -1.98. The molecule has 0 aliphatic carbocycles. The lowest BCUT2D eigenvalue weighted by atomic mass is 10.1. The highest BCUT2D eigenvalue weighted by molar-refractivity contribution is 5.91. The lowest BCUT2D eigenvalue weighted by molar-refractivity contribution is -0.135. The maximum absolute atomic E-state index is 10.4. The average Bonchev–Trinajstić information content (AvgIpc) is 2.28. The molecule has 2 rings (SSSR count). The van der Waals surface area contributed by atoms with Gasteiger partial charge in [-0.05, 0) is 28.5 Å². The molecule has 0 radical (unpaired) electrons. The quantitative estimate of drug-likeness (QED) is 0.597. The number of benzene rings is 2. The van der Waals surface area contributed by atoms with Crippen LogP contribution in [0.5, 0.6) is 0 Å². The molecule has 0 aliphatic heterocycles. The molecule has 16 heavy (non-hydrogen) atoms. The third kappa shape index (κ3) is 2.03. The number of carboxylic acids is 1. The Bertz CT molecular complexity index is 570. The van der Waals surface area contributed by atoms with Crippen molar-refractivity contribution in [1.82, 2.24) is 0 Å². The van der Waals surface area contributed by atoms with E-state index in [4.69, 9.17) is 10.2 Å². The van der Waals surface area contributed by atoms with E-state index >= 15 is 0 Å². The summed E-state index contributed by atoms with van der Waals surface area (Å²) < 4.78 is 0. The highest BCUT2D eigenvalue weighted by Crippen LogP contribution is 2.17. The highest BCUT2D eigenvalue weighted by atomic mass is 16.4. The molecule has 2 aromatic rings. The second kappa shape index (κ2) is 4.06. The SMILES string of the molecule is O=C(O)C(O)=Cc1ccc2ccccc2c1. The summed E-state index contributed by atoms with van der Waals surface area (Å²) in [4.78, 5) is 10.4. The van der Waals surface area contributed by atoms with Gasteiger partial charge >= 0.3 is 5.97 Å². The second-order valence-corrected chi connectivity index (χ2v) is 3.44. The Hall–Kier alpha value is -2.29. The number of aliphatic hydroxyl groups is 1. The fraction of sp³-hybridized carbons (Fsp3) is 0. The number of carbonyl (C=O) groups is 1. The molecule has 0 aromatic heterocycles. The van der Waals surface area contributed by atoms with Crippen LogP contribution in [0.4, 0.5) is 0 Å². The van der Waals surface area contributed by atoms with Gasteiger partial charge in [0.05, 0.1) is 0 Å². The minimum absolute atomic E-state index is 0.657. The van der Waals surface area contributed by atoms with Crippen LogP contribution < -0.4 is 0 Å². The maximum Gasteiger partial charge on any atom is 0.370 e. The summed E-state index contributed by atoms with van der Waals surface area (Å²) in [5.41, 5.74) is 0.665. The van der Waals surface area contributed by atoms with Crippen molar-refractivity contribution in [2.24, 2.45) is 0 Å². The van der Waals surface area contributed by atoms with Crippen LogP contribution in [-0.4, -0.2) is 16.2 Å². The normalized spacial score (nSPS) is 11.6. The van der Waals surface area contributed by atoms with Gasteiger partial charge in [0.25, 0.3) is 0 Å². The van der Waals surface area contributed by atoms with Gasteiger partial charge in [0.2, 0.25) is 5.76 Å². The monoisotopic (exact) mass is 214 g/mol. The molecule has 2 aromatic carbocycles. The highest BCUT2D eigenvalue weighted by Gasteiger charge is 2.03. The Morgan fingerprint density at radius 2 is 1.69 bits per heavy atom. The van der Waals surface area contributed by atoms with Crippen molar-refractivity contribution in [2.75, 3.05) is 0 Å². The predicted octanol–water partition coefficient (Wildman–Crippen LogP) is 2.82. The molecule has 3 nitrogen and oxygen atoms in total. The van der Waals surface area contributed by atoms with Crippen LogP contribution in [0, 0.1) is 0 Å². The molecule has 0 fully saturated rings. The number of carboxylic acid groups (broad SMARTS) is 1. The standard InChI is InChI=1S/C13H10O3/c14-12(13(15)16)8-9-5-6-10-3-1-2-4-11(10)7-9/h1-8,14H,(H,15,16). The van der Waals surface area contributed by atoms with Crippen molar-refractivity contribution in [3.05, 3.63) is 53.8 Å². The van der Waals surface area contributed by atoms with E-state index in [1.807, 2.05) is 36.4 Å². The van der Waals surface area contributed by atoms with Crippen LogP contribution in [-0.2, 0) is 4.79 Å². The van der Waals surface area contributed by atoms with Crippen molar-refractivity contribution in [1.29, 1.82) is 0 Å². The number of rotatable bonds is 2. The molecule has 0 saturated carbocycles. The van der Waals surface area contributed by atoms with Crippen LogP contribution in [0.3, 0.4) is 0 Å². The molecule has 0 saturated heterocycles. The fourth-order valence-electron chi connectivity index (χ4n) is 1.52. The van der Waals surface area contributed by atoms with E-state index in [9.17, 15) is 4.79 Å². The van der Waals surface area contributed by atoms with E-state index in [0.717, 1.165) is 10.8 Å². The first kappa shape index (κ1) is 10.2. The second-order valence-electron chi connectivity index (χ2n) is 3.44. The summed E-state index contributed by atoms with van der Waals surface area (Å²) >= 11 is 0. The number of aliphatic carboxylic acids is 1. The van der Waals surface area contributed by atoms with Gasteiger partial charge in [0.15, 0.2) is 0 Å². The molecule has 3 heteroatoms. The van der Waals surface area contributed by atoms with E-state index in [-0.39, 0.29) is 0 Å². The molecule has 0 amide bonds. The maximum atomic E-state index is 10.4. The molecule has 0 bridgehead atoms. The van der Waals surface area contributed by atoms with E-state index in [2.05, 4.69) is 0 Å². The van der Waals surface area contributed by atoms with Crippen molar-refractivity contribution in [3.8, 4) is 0 Å². The van der Waals surface area contributed by atoms with E-state index in [1.54, 1.807) is 6.07 Å². The van der Waals surface area contributed by atoms with Gasteiger partial charge in [-0.1, -0.05) is 36.4 Å². The zero-order valence-electron chi connectivity index (χ0n) is 8.42. The molecule has 0 spiro atoms. The van der Waals surface area contributed by atoms with E-state index < -0.39 is 11.7 Å². The average molecular weight is 214 g/mol. The summed E-state index contributed by atoms with van der Waals surface area (Å²) in [6.45, 7) is 0. The molecule has 0 heterocycles. The van der Waals surface area contributed by atoms with Gasteiger partial charge in [-0.25, -0.2) is 4.79 Å². The van der Waals surface area contributed by atoms with Gasteiger partial charge in [0, 0.05) is 0 Å². The number of fused-ring (bicyclic) bond motifs is 1. The number of hydrogen-bond acceptors (Lipinski definition) is 2. The molecule has 0 aliphatic rings. The third-order valence-electron chi connectivity index (χ3n) is 2.30. The topological polar surface area (TPSA) is 57.5 Å². The zero-order valence-corrected chi connectivity index (χ0v) is 8.42. The minimum Gasteiger partial charge on any atom is -0.502 e. The molecular weight excluding hydrogens is 204 g/mol. The summed E-state index contributed by atoms with van der Waals surface area (Å²) in [7, 11) is 0. The molecular formula is C13H10O3. The summed E-state index contributed by atoms with van der Waals surface area (Å²) in [6.07, 6.45) is 1.23. The van der Waals surface area contributed by atoms with Gasteiger partial charge in [0.1, 0.15) is 0 Å².